The third-order valence-corrected chi connectivity index (χ3v) is 6.29. The summed E-state index contributed by atoms with van der Waals surface area (Å²) in [6.07, 6.45) is -10.0. The zero-order valence-electron chi connectivity index (χ0n) is 21.9. The van der Waals surface area contributed by atoms with E-state index in [2.05, 4.69) is 0 Å². The Bertz CT molecular complexity index is 1100. The van der Waals surface area contributed by atoms with Crippen molar-refractivity contribution in [3.8, 4) is 28.7 Å². The topological polar surface area (TPSA) is 194 Å². The summed E-state index contributed by atoms with van der Waals surface area (Å²) < 4.78 is 32.9. The largest absolute Gasteiger partial charge is 0.493 e. The molecule has 0 aliphatic carbocycles. The number of aliphatic hydroxyl groups excluding tert-OH is 6. The molecule has 2 aromatic rings. The van der Waals surface area contributed by atoms with Crippen LogP contribution in [0.1, 0.15) is 28.9 Å². The van der Waals surface area contributed by atoms with E-state index in [9.17, 15) is 35.4 Å². The number of benzene rings is 2. The number of Topliss-reactive ketones (excluding diaryl/α,β-unsaturated/α-hetero) is 1. The molecule has 13 heteroatoms. The van der Waals surface area contributed by atoms with Gasteiger partial charge in [0.15, 0.2) is 34.9 Å². The van der Waals surface area contributed by atoms with E-state index < -0.39 is 56.1 Å². The molecule has 1 fully saturated rings. The van der Waals surface area contributed by atoms with Crippen LogP contribution in [0, 0.1) is 0 Å². The van der Waals surface area contributed by atoms with E-state index in [-0.39, 0.29) is 40.1 Å². The minimum absolute atomic E-state index is 0.0578. The molecule has 39 heavy (non-hydrogen) atoms. The molecule has 1 saturated heterocycles. The van der Waals surface area contributed by atoms with Crippen LogP contribution in [-0.2, 0) is 4.74 Å². The number of aliphatic hydroxyl groups is 6. The Hall–Kier alpha value is -3.17. The van der Waals surface area contributed by atoms with Gasteiger partial charge < -0.3 is 59.1 Å². The molecule has 1 heterocycles. The first-order valence-electron chi connectivity index (χ1n) is 12.0. The minimum atomic E-state index is -1.63. The molecule has 0 saturated carbocycles. The molecule has 3 rings (SSSR count). The first kappa shape index (κ1) is 30.4. The Labute approximate surface area is 224 Å². The molecule has 7 atom stereocenters. The first-order valence-corrected chi connectivity index (χ1v) is 12.0. The molecule has 0 unspecified atom stereocenters. The SMILES string of the molecule is COc1cc([C@@H](O)[C@H](CO)Oc2c(OC)cc(C(C)=O)cc2OC)ccc1O[C@@H]1O[C@H](CO)[C@@H](O)[C@H](O)[C@H]1O. The van der Waals surface area contributed by atoms with Gasteiger partial charge in [0.1, 0.15) is 30.5 Å². The summed E-state index contributed by atoms with van der Waals surface area (Å²) in [6, 6.07) is 7.16. The number of ketones is 1. The van der Waals surface area contributed by atoms with E-state index in [1.165, 1.54) is 58.6 Å². The molecule has 1 aliphatic heterocycles. The van der Waals surface area contributed by atoms with Crippen LogP contribution >= 0.6 is 0 Å². The third kappa shape index (κ3) is 6.53. The summed E-state index contributed by atoms with van der Waals surface area (Å²) in [6.45, 7) is 0.142. The van der Waals surface area contributed by atoms with Crippen molar-refractivity contribution in [2.45, 2.75) is 49.8 Å². The van der Waals surface area contributed by atoms with Gasteiger partial charge in [0.25, 0.3) is 0 Å². The Balaban J connectivity index is 1.85. The van der Waals surface area contributed by atoms with Gasteiger partial charge in [0.05, 0.1) is 34.5 Å². The van der Waals surface area contributed by atoms with Crippen LogP contribution in [0.15, 0.2) is 30.3 Å². The minimum Gasteiger partial charge on any atom is -0.493 e. The van der Waals surface area contributed by atoms with Crippen molar-refractivity contribution in [1.82, 2.24) is 0 Å². The second kappa shape index (κ2) is 13.3. The molecule has 1 aliphatic rings. The van der Waals surface area contributed by atoms with Crippen LogP contribution in [-0.4, -0.2) is 108 Å². The third-order valence-electron chi connectivity index (χ3n) is 6.29. The van der Waals surface area contributed by atoms with Gasteiger partial charge in [0.2, 0.25) is 12.0 Å². The number of hydrogen-bond donors (Lipinski definition) is 6. The zero-order chi connectivity index (χ0) is 28.9. The number of carbonyl (C=O) groups excluding carboxylic acids is 1. The number of carbonyl (C=O) groups is 1. The fourth-order valence-corrected chi connectivity index (χ4v) is 4.02. The lowest BCUT2D eigenvalue weighted by Gasteiger charge is -2.39. The number of ether oxygens (including phenoxy) is 6. The van der Waals surface area contributed by atoms with Gasteiger partial charge in [-0.15, -0.1) is 0 Å². The summed E-state index contributed by atoms with van der Waals surface area (Å²) in [5.74, 6) is 0.313. The summed E-state index contributed by atoms with van der Waals surface area (Å²) >= 11 is 0. The molecule has 0 radical (unpaired) electrons. The van der Waals surface area contributed by atoms with E-state index >= 15 is 0 Å². The van der Waals surface area contributed by atoms with E-state index in [0.717, 1.165) is 0 Å². The van der Waals surface area contributed by atoms with Gasteiger partial charge >= 0.3 is 0 Å². The zero-order valence-corrected chi connectivity index (χ0v) is 21.9. The molecule has 0 bridgehead atoms. The van der Waals surface area contributed by atoms with Crippen LogP contribution < -0.4 is 23.7 Å². The predicted molar refractivity (Wildman–Crippen MR) is 133 cm³/mol. The van der Waals surface area contributed by atoms with Gasteiger partial charge in [-0.05, 0) is 36.8 Å². The summed E-state index contributed by atoms with van der Waals surface area (Å²) in [5, 5.41) is 60.7. The van der Waals surface area contributed by atoms with Crippen molar-refractivity contribution in [2.75, 3.05) is 34.5 Å². The molecular weight excluding hydrogens is 520 g/mol. The first-order chi connectivity index (χ1) is 18.6. The van der Waals surface area contributed by atoms with Crippen molar-refractivity contribution in [3.05, 3.63) is 41.5 Å². The van der Waals surface area contributed by atoms with Gasteiger partial charge in [-0.1, -0.05) is 6.07 Å². The molecule has 6 N–H and O–H groups in total. The predicted octanol–water partition coefficient (Wildman–Crippen LogP) is -0.433. The van der Waals surface area contributed by atoms with E-state index in [1.807, 2.05) is 0 Å². The second-order valence-electron chi connectivity index (χ2n) is 8.78. The second-order valence-corrected chi connectivity index (χ2v) is 8.78. The average Bonchev–Trinajstić information content (AvgIpc) is 2.95. The average molecular weight is 555 g/mol. The molecular formula is C26H34O13. The van der Waals surface area contributed by atoms with Crippen LogP contribution in [0.2, 0.25) is 0 Å². The van der Waals surface area contributed by atoms with Crippen molar-refractivity contribution in [1.29, 1.82) is 0 Å². The highest BCUT2D eigenvalue weighted by molar-refractivity contribution is 5.95. The summed E-state index contributed by atoms with van der Waals surface area (Å²) in [4.78, 5) is 11.8. The lowest BCUT2D eigenvalue weighted by Crippen LogP contribution is -2.60. The highest BCUT2D eigenvalue weighted by Gasteiger charge is 2.45. The number of rotatable bonds is 12. The summed E-state index contributed by atoms with van der Waals surface area (Å²) in [7, 11) is 4.07. The molecule has 13 nitrogen and oxygen atoms in total. The van der Waals surface area contributed by atoms with Crippen LogP contribution in [0.5, 0.6) is 28.7 Å². The Morgan fingerprint density at radius 2 is 1.51 bits per heavy atom. The van der Waals surface area contributed by atoms with Gasteiger partial charge in [-0.3, -0.25) is 4.79 Å². The van der Waals surface area contributed by atoms with Gasteiger partial charge in [-0.25, -0.2) is 0 Å². The Morgan fingerprint density at radius 3 is 2.03 bits per heavy atom. The lowest BCUT2D eigenvalue weighted by molar-refractivity contribution is -0.277. The lowest BCUT2D eigenvalue weighted by atomic mass is 9.99. The molecule has 2 aromatic carbocycles. The maximum Gasteiger partial charge on any atom is 0.229 e. The van der Waals surface area contributed by atoms with E-state index in [4.69, 9.17) is 28.4 Å². The van der Waals surface area contributed by atoms with Gasteiger partial charge in [-0.2, -0.15) is 0 Å². The fraction of sp³-hybridized carbons (Fsp3) is 0.500. The van der Waals surface area contributed by atoms with Crippen molar-refractivity contribution >= 4 is 5.78 Å². The van der Waals surface area contributed by atoms with Crippen molar-refractivity contribution in [2.24, 2.45) is 0 Å². The smallest absolute Gasteiger partial charge is 0.229 e. The maximum absolute atomic E-state index is 11.8. The Morgan fingerprint density at radius 1 is 0.897 bits per heavy atom. The van der Waals surface area contributed by atoms with E-state index in [1.54, 1.807) is 0 Å². The highest BCUT2D eigenvalue weighted by Crippen LogP contribution is 2.41. The highest BCUT2D eigenvalue weighted by atomic mass is 16.7. The molecule has 0 amide bonds. The van der Waals surface area contributed by atoms with Gasteiger partial charge in [0, 0.05) is 5.56 Å². The molecule has 0 aromatic heterocycles. The Kier molecular flexibility index (Phi) is 10.3. The van der Waals surface area contributed by atoms with Crippen molar-refractivity contribution < 1.29 is 63.9 Å². The quantitative estimate of drug-likeness (QED) is 0.185. The molecule has 216 valence electrons. The van der Waals surface area contributed by atoms with Crippen LogP contribution in [0.4, 0.5) is 0 Å². The standard InChI is InChI=1S/C26H34O13/c1-12(29)14-8-17(35-3)25(18(9-14)36-4)37-19(10-27)21(30)13-5-6-15(16(7-13)34-2)38-26-24(33)23(32)22(31)20(11-28)39-26/h5-9,19-24,26-28,30-33H,10-11H2,1-4H3/t19-,20+,21+,22+,23-,24+,26+/m0/s1. The molecule has 0 spiro atoms. The van der Waals surface area contributed by atoms with Crippen LogP contribution in [0.25, 0.3) is 0 Å². The fourth-order valence-electron chi connectivity index (χ4n) is 4.02. The monoisotopic (exact) mass is 554 g/mol. The normalized spacial score (nSPS) is 24.4. The number of methoxy groups -OCH3 is 3. The number of hydrogen-bond acceptors (Lipinski definition) is 13. The van der Waals surface area contributed by atoms with Crippen molar-refractivity contribution in [3.63, 3.8) is 0 Å². The summed E-state index contributed by atoms with van der Waals surface area (Å²) in [5.41, 5.74) is 0.571. The maximum atomic E-state index is 11.8. The van der Waals surface area contributed by atoms with E-state index in [0.29, 0.717) is 5.56 Å². The van der Waals surface area contributed by atoms with Crippen LogP contribution in [0.3, 0.4) is 0 Å².